The van der Waals surface area contributed by atoms with Gasteiger partial charge in [-0.25, -0.2) is 9.18 Å². The Bertz CT molecular complexity index is 1120. The standard InChI is InChI=1S/C19H19ClFN3O3/c1-4-7-27-15-5-6-22-16(10(2)3)17(15)24-14-9-12(20)13(21)8-11(14)18(25)23-19(24)26/h5-6,8-10H,4,7H2,1-3H3,(H,23,25,26). The Morgan fingerprint density at radius 3 is 2.74 bits per heavy atom. The number of nitrogens with zero attached hydrogens (tertiary/aromatic N) is 2. The molecule has 1 aromatic carbocycles. The highest BCUT2D eigenvalue weighted by atomic mass is 35.5. The number of rotatable bonds is 5. The number of ether oxygens (including phenoxy) is 1. The van der Waals surface area contributed by atoms with Gasteiger partial charge in [-0.3, -0.25) is 19.3 Å². The molecule has 142 valence electrons. The predicted molar refractivity (Wildman–Crippen MR) is 103 cm³/mol. The number of fused-ring (bicyclic) bond motifs is 1. The molecule has 8 heteroatoms. The maximum atomic E-state index is 13.9. The largest absolute Gasteiger partial charge is 0.491 e. The molecule has 27 heavy (non-hydrogen) atoms. The molecular weight excluding hydrogens is 373 g/mol. The lowest BCUT2D eigenvalue weighted by atomic mass is 10.1. The second-order valence-electron chi connectivity index (χ2n) is 6.42. The molecule has 0 aliphatic heterocycles. The number of aromatic amines is 1. The SMILES string of the molecule is CCCOc1ccnc(C(C)C)c1-n1c(=O)[nH]c(=O)c2cc(F)c(Cl)cc21. The van der Waals surface area contributed by atoms with Gasteiger partial charge in [-0.2, -0.15) is 0 Å². The van der Waals surface area contributed by atoms with E-state index in [-0.39, 0.29) is 21.8 Å². The average molecular weight is 392 g/mol. The van der Waals surface area contributed by atoms with Crippen LogP contribution < -0.4 is 16.0 Å². The normalized spacial score (nSPS) is 11.3. The topological polar surface area (TPSA) is 77.0 Å². The van der Waals surface area contributed by atoms with Gasteiger partial charge in [0.15, 0.2) is 0 Å². The van der Waals surface area contributed by atoms with Crippen LogP contribution in [-0.2, 0) is 0 Å². The fourth-order valence-electron chi connectivity index (χ4n) is 2.88. The van der Waals surface area contributed by atoms with Crippen LogP contribution in [0, 0.1) is 5.82 Å². The molecule has 0 radical (unpaired) electrons. The summed E-state index contributed by atoms with van der Waals surface area (Å²) in [5, 5.41) is -0.177. The molecule has 0 saturated heterocycles. The molecule has 2 aromatic heterocycles. The molecule has 0 spiro atoms. The van der Waals surface area contributed by atoms with Gasteiger partial charge in [-0.15, -0.1) is 0 Å². The molecular formula is C19H19ClFN3O3. The number of H-pyrrole nitrogens is 1. The minimum Gasteiger partial charge on any atom is -0.491 e. The molecule has 6 nitrogen and oxygen atoms in total. The van der Waals surface area contributed by atoms with Crippen LogP contribution in [0.1, 0.15) is 38.8 Å². The third kappa shape index (κ3) is 3.47. The highest BCUT2D eigenvalue weighted by Gasteiger charge is 2.21. The Labute approximate surface area is 159 Å². The van der Waals surface area contributed by atoms with Crippen molar-refractivity contribution in [2.75, 3.05) is 6.61 Å². The van der Waals surface area contributed by atoms with Crippen LogP contribution in [0.4, 0.5) is 4.39 Å². The van der Waals surface area contributed by atoms with Crippen molar-refractivity contribution in [1.82, 2.24) is 14.5 Å². The molecule has 0 aliphatic carbocycles. The van der Waals surface area contributed by atoms with Gasteiger partial charge in [0.2, 0.25) is 0 Å². The third-order valence-electron chi connectivity index (χ3n) is 4.10. The van der Waals surface area contributed by atoms with Crippen LogP contribution in [0.2, 0.25) is 5.02 Å². The zero-order valence-electron chi connectivity index (χ0n) is 15.2. The molecule has 2 heterocycles. The van der Waals surface area contributed by atoms with Gasteiger partial charge >= 0.3 is 5.69 Å². The first kappa shape index (κ1) is 19.1. The fraction of sp³-hybridized carbons (Fsp3) is 0.316. The van der Waals surface area contributed by atoms with Gasteiger partial charge in [0, 0.05) is 12.3 Å². The highest BCUT2D eigenvalue weighted by Crippen LogP contribution is 2.31. The summed E-state index contributed by atoms with van der Waals surface area (Å²) in [6, 6.07) is 3.94. The van der Waals surface area contributed by atoms with Crippen molar-refractivity contribution in [2.24, 2.45) is 0 Å². The zero-order chi connectivity index (χ0) is 19.7. The van der Waals surface area contributed by atoms with E-state index >= 15 is 0 Å². The minimum absolute atomic E-state index is 0.0106. The van der Waals surface area contributed by atoms with Crippen LogP contribution >= 0.6 is 11.6 Å². The van der Waals surface area contributed by atoms with E-state index in [1.54, 1.807) is 12.3 Å². The molecule has 0 saturated carbocycles. The van der Waals surface area contributed by atoms with Crippen LogP contribution in [0.25, 0.3) is 16.6 Å². The van der Waals surface area contributed by atoms with E-state index in [1.807, 2.05) is 20.8 Å². The van der Waals surface area contributed by atoms with Crippen molar-refractivity contribution in [1.29, 1.82) is 0 Å². The zero-order valence-corrected chi connectivity index (χ0v) is 15.9. The second kappa shape index (κ2) is 7.52. The van der Waals surface area contributed by atoms with E-state index in [0.29, 0.717) is 23.7 Å². The minimum atomic E-state index is -0.738. The molecule has 0 fully saturated rings. The maximum Gasteiger partial charge on any atom is 0.333 e. The van der Waals surface area contributed by atoms with Crippen molar-refractivity contribution < 1.29 is 9.13 Å². The first-order valence-corrected chi connectivity index (χ1v) is 8.99. The summed E-state index contributed by atoms with van der Waals surface area (Å²) in [5.74, 6) is -0.320. The van der Waals surface area contributed by atoms with Crippen molar-refractivity contribution in [2.45, 2.75) is 33.1 Å². The van der Waals surface area contributed by atoms with Gasteiger partial charge in [0.1, 0.15) is 17.3 Å². The van der Waals surface area contributed by atoms with Gasteiger partial charge in [0.25, 0.3) is 5.56 Å². The summed E-state index contributed by atoms with van der Waals surface area (Å²) in [6.45, 7) is 6.27. The molecule has 3 aromatic rings. The molecule has 0 amide bonds. The molecule has 0 atom stereocenters. The van der Waals surface area contributed by atoms with Crippen LogP contribution in [0.15, 0.2) is 34.0 Å². The van der Waals surface area contributed by atoms with Gasteiger partial charge in [-0.05, 0) is 24.5 Å². The quantitative estimate of drug-likeness (QED) is 0.718. The summed E-state index contributed by atoms with van der Waals surface area (Å²) in [7, 11) is 0. The third-order valence-corrected chi connectivity index (χ3v) is 4.39. The van der Waals surface area contributed by atoms with Crippen molar-refractivity contribution in [3.8, 4) is 11.4 Å². The first-order valence-electron chi connectivity index (χ1n) is 8.61. The van der Waals surface area contributed by atoms with Crippen molar-refractivity contribution >= 4 is 22.5 Å². The first-order chi connectivity index (χ1) is 12.8. The van der Waals surface area contributed by atoms with Crippen molar-refractivity contribution in [3.05, 3.63) is 61.8 Å². The monoisotopic (exact) mass is 391 g/mol. The molecule has 0 aliphatic rings. The Balaban J connectivity index is 2.47. The number of pyridine rings is 1. The van der Waals surface area contributed by atoms with Crippen molar-refractivity contribution in [3.63, 3.8) is 0 Å². The number of halogens is 2. The lowest BCUT2D eigenvalue weighted by Crippen LogP contribution is -2.30. The van der Waals surface area contributed by atoms with E-state index in [9.17, 15) is 14.0 Å². The number of hydrogen-bond acceptors (Lipinski definition) is 4. The number of aromatic nitrogens is 3. The number of nitrogens with one attached hydrogen (secondary N) is 1. The van der Waals surface area contributed by atoms with Gasteiger partial charge < -0.3 is 4.74 Å². The van der Waals surface area contributed by atoms with Crippen LogP contribution in [0.5, 0.6) is 5.75 Å². The van der Waals surface area contributed by atoms with Gasteiger partial charge in [0.05, 0.1) is 28.2 Å². The molecule has 0 bridgehead atoms. The smallest absolute Gasteiger partial charge is 0.333 e. The summed E-state index contributed by atoms with van der Waals surface area (Å²) in [6.07, 6.45) is 2.38. The number of hydrogen-bond donors (Lipinski definition) is 1. The number of benzene rings is 1. The Hall–Kier alpha value is -2.67. The predicted octanol–water partition coefficient (Wildman–Crippen LogP) is 3.78. The van der Waals surface area contributed by atoms with E-state index in [2.05, 4.69) is 9.97 Å². The summed E-state index contributed by atoms with van der Waals surface area (Å²) < 4.78 is 21.0. The summed E-state index contributed by atoms with van der Waals surface area (Å²) in [4.78, 5) is 31.6. The molecule has 0 unspecified atom stereocenters. The highest BCUT2D eigenvalue weighted by molar-refractivity contribution is 6.31. The lowest BCUT2D eigenvalue weighted by molar-refractivity contribution is 0.315. The average Bonchev–Trinajstić information content (AvgIpc) is 2.62. The second-order valence-corrected chi connectivity index (χ2v) is 6.83. The Morgan fingerprint density at radius 1 is 1.33 bits per heavy atom. The van der Waals surface area contributed by atoms with E-state index in [0.717, 1.165) is 12.5 Å². The van der Waals surface area contributed by atoms with Crippen LogP contribution in [0.3, 0.4) is 0 Å². The Morgan fingerprint density at radius 2 is 2.07 bits per heavy atom. The molecule has 3 rings (SSSR count). The fourth-order valence-corrected chi connectivity index (χ4v) is 3.04. The van der Waals surface area contributed by atoms with E-state index in [4.69, 9.17) is 16.3 Å². The molecule has 1 N–H and O–H groups in total. The van der Waals surface area contributed by atoms with Crippen LogP contribution in [-0.4, -0.2) is 21.1 Å². The van der Waals surface area contributed by atoms with E-state index < -0.39 is 17.1 Å². The maximum absolute atomic E-state index is 13.9. The van der Waals surface area contributed by atoms with Gasteiger partial charge in [-0.1, -0.05) is 32.4 Å². The summed E-state index contributed by atoms with van der Waals surface area (Å²) >= 11 is 5.93. The Kier molecular flexibility index (Phi) is 5.32. The lowest BCUT2D eigenvalue weighted by Gasteiger charge is -2.19. The summed E-state index contributed by atoms with van der Waals surface area (Å²) in [5.41, 5.74) is -0.153. The van der Waals surface area contributed by atoms with E-state index in [1.165, 1.54) is 10.6 Å².